The highest BCUT2D eigenvalue weighted by atomic mass is 16.2. The normalized spacial score (nSPS) is 13.7. The van der Waals surface area contributed by atoms with E-state index in [1.807, 2.05) is 26.0 Å². The van der Waals surface area contributed by atoms with Crippen molar-refractivity contribution in [1.82, 2.24) is 13.7 Å². The van der Waals surface area contributed by atoms with Gasteiger partial charge in [0.15, 0.2) is 5.78 Å². The van der Waals surface area contributed by atoms with E-state index in [2.05, 4.69) is 10.6 Å². The van der Waals surface area contributed by atoms with Crippen LogP contribution in [0.25, 0.3) is 0 Å². The van der Waals surface area contributed by atoms with Gasteiger partial charge >= 0.3 is 5.69 Å². The SMILES string of the molecule is CCn1cc(C#N)c(=O)n(CC(=O)c2cc(C)n(CCC3=CCCCC3)c2C)c1=O. The standard InChI is InChI=1S/C23H28N4O3/c1-4-25-14-19(13-24)22(29)27(23(25)30)15-21(28)20-12-16(2)26(17(20)3)11-10-18-8-6-5-7-9-18/h8,12,14H,4-7,9-11,15H2,1-3H3. The summed E-state index contributed by atoms with van der Waals surface area (Å²) >= 11 is 0. The molecule has 0 unspecified atom stereocenters. The minimum absolute atomic E-state index is 0.143. The van der Waals surface area contributed by atoms with Crippen LogP contribution in [0.2, 0.25) is 0 Å². The molecule has 0 radical (unpaired) electrons. The molecule has 0 aliphatic heterocycles. The summed E-state index contributed by atoms with van der Waals surface area (Å²) in [5.41, 5.74) is 2.37. The molecule has 0 saturated carbocycles. The molecule has 3 rings (SSSR count). The second-order valence-electron chi connectivity index (χ2n) is 7.83. The molecular weight excluding hydrogens is 380 g/mol. The van der Waals surface area contributed by atoms with Gasteiger partial charge in [-0.3, -0.25) is 18.7 Å². The summed E-state index contributed by atoms with van der Waals surface area (Å²) in [4.78, 5) is 38.0. The van der Waals surface area contributed by atoms with Gasteiger partial charge in [-0.2, -0.15) is 5.26 Å². The Morgan fingerprint density at radius 2 is 1.97 bits per heavy atom. The van der Waals surface area contributed by atoms with Crippen molar-refractivity contribution in [1.29, 1.82) is 5.26 Å². The fraction of sp³-hybridized carbons (Fsp3) is 0.478. The Morgan fingerprint density at radius 3 is 2.60 bits per heavy atom. The molecule has 7 nitrogen and oxygen atoms in total. The Bertz CT molecular complexity index is 1150. The number of nitriles is 1. The average Bonchev–Trinajstić information content (AvgIpc) is 3.04. The zero-order valence-electron chi connectivity index (χ0n) is 17.9. The molecule has 0 bridgehead atoms. The fourth-order valence-electron chi connectivity index (χ4n) is 4.14. The van der Waals surface area contributed by atoms with E-state index in [9.17, 15) is 19.6 Å². The first kappa shape index (κ1) is 21.6. The average molecular weight is 409 g/mol. The van der Waals surface area contributed by atoms with E-state index in [4.69, 9.17) is 0 Å². The third-order valence-corrected chi connectivity index (χ3v) is 5.92. The third kappa shape index (κ3) is 4.23. The van der Waals surface area contributed by atoms with E-state index in [1.165, 1.54) is 29.2 Å². The van der Waals surface area contributed by atoms with Crippen molar-refractivity contribution in [2.45, 2.75) is 72.5 Å². The first-order valence-electron chi connectivity index (χ1n) is 10.5. The summed E-state index contributed by atoms with van der Waals surface area (Å²) in [6.45, 7) is 6.35. The van der Waals surface area contributed by atoms with Crippen molar-refractivity contribution < 1.29 is 4.79 Å². The van der Waals surface area contributed by atoms with Crippen molar-refractivity contribution in [3.05, 3.63) is 67.3 Å². The summed E-state index contributed by atoms with van der Waals surface area (Å²) in [6.07, 6.45) is 9.34. The predicted octanol–water partition coefficient (Wildman–Crippen LogP) is 3.09. The number of hydrogen-bond donors (Lipinski definition) is 0. The minimum Gasteiger partial charge on any atom is -0.348 e. The van der Waals surface area contributed by atoms with Gasteiger partial charge in [-0.1, -0.05) is 11.6 Å². The molecule has 1 aliphatic rings. The first-order chi connectivity index (χ1) is 14.4. The number of ketones is 1. The summed E-state index contributed by atoms with van der Waals surface area (Å²) in [7, 11) is 0. The van der Waals surface area contributed by atoms with Crippen molar-refractivity contribution in [2.24, 2.45) is 0 Å². The first-order valence-corrected chi connectivity index (χ1v) is 10.5. The lowest BCUT2D eigenvalue weighted by atomic mass is 9.97. The Labute approximate surface area is 175 Å². The molecular formula is C23H28N4O3. The van der Waals surface area contributed by atoms with Gasteiger partial charge in [0.25, 0.3) is 5.56 Å². The molecule has 0 saturated heterocycles. The van der Waals surface area contributed by atoms with Crippen molar-refractivity contribution >= 4 is 5.78 Å². The third-order valence-electron chi connectivity index (χ3n) is 5.92. The van der Waals surface area contributed by atoms with Gasteiger partial charge in [0.1, 0.15) is 11.6 Å². The van der Waals surface area contributed by atoms with E-state index in [1.54, 1.807) is 6.92 Å². The molecule has 0 spiro atoms. The van der Waals surface area contributed by atoms with Crippen LogP contribution in [-0.4, -0.2) is 19.5 Å². The lowest BCUT2D eigenvalue weighted by Crippen LogP contribution is -2.42. The van der Waals surface area contributed by atoms with E-state index in [0.29, 0.717) is 12.1 Å². The lowest BCUT2D eigenvalue weighted by Gasteiger charge is -2.15. The number of rotatable bonds is 7. The number of Topliss-reactive ketones (excluding diaryl/α,β-unsaturated/α-hetero) is 1. The Kier molecular flexibility index (Phi) is 6.56. The summed E-state index contributed by atoms with van der Waals surface area (Å²) in [5, 5.41) is 9.18. The molecule has 7 heteroatoms. The van der Waals surface area contributed by atoms with Gasteiger partial charge in [0.05, 0.1) is 6.54 Å². The number of allylic oxidation sites excluding steroid dienone is 2. The molecule has 0 fully saturated rings. The molecule has 0 amide bonds. The highest BCUT2D eigenvalue weighted by molar-refractivity contribution is 5.97. The van der Waals surface area contributed by atoms with Crippen LogP contribution >= 0.6 is 0 Å². The highest BCUT2D eigenvalue weighted by Gasteiger charge is 2.19. The van der Waals surface area contributed by atoms with E-state index < -0.39 is 11.2 Å². The molecule has 2 aromatic rings. The molecule has 1 aliphatic carbocycles. The van der Waals surface area contributed by atoms with E-state index >= 15 is 0 Å². The molecule has 0 aromatic carbocycles. The summed E-state index contributed by atoms with van der Waals surface area (Å²) in [5.74, 6) is -0.303. The smallest absolute Gasteiger partial charge is 0.331 e. The van der Waals surface area contributed by atoms with Crippen molar-refractivity contribution in [3.8, 4) is 6.07 Å². The van der Waals surface area contributed by atoms with Gasteiger partial charge in [0, 0.05) is 36.2 Å². The molecule has 158 valence electrons. The number of carbonyl (C=O) groups excluding carboxylic acids is 1. The second kappa shape index (κ2) is 9.12. The Balaban J connectivity index is 1.87. The summed E-state index contributed by atoms with van der Waals surface area (Å²) in [6, 6.07) is 3.63. The van der Waals surface area contributed by atoms with E-state index in [0.717, 1.165) is 41.8 Å². The van der Waals surface area contributed by atoms with Crippen LogP contribution in [0.1, 0.15) is 66.3 Å². The summed E-state index contributed by atoms with van der Waals surface area (Å²) < 4.78 is 4.26. The monoisotopic (exact) mass is 408 g/mol. The van der Waals surface area contributed by atoms with Crippen LogP contribution < -0.4 is 11.2 Å². The lowest BCUT2D eigenvalue weighted by molar-refractivity contribution is 0.0967. The second-order valence-corrected chi connectivity index (χ2v) is 7.83. The zero-order chi connectivity index (χ0) is 21.8. The maximum Gasteiger partial charge on any atom is 0.331 e. The predicted molar refractivity (Wildman–Crippen MR) is 115 cm³/mol. The van der Waals surface area contributed by atoms with Gasteiger partial charge < -0.3 is 4.57 Å². The maximum atomic E-state index is 13.0. The molecule has 2 heterocycles. The topological polar surface area (TPSA) is 89.8 Å². The molecule has 0 N–H and O–H groups in total. The van der Waals surface area contributed by atoms with E-state index in [-0.39, 0.29) is 17.9 Å². The number of hydrogen-bond acceptors (Lipinski definition) is 4. The van der Waals surface area contributed by atoms with Crippen molar-refractivity contribution in [2.75, 3.05) is 0 Å². The molecule has 30 heavy (non-hydrogen) atoms. The largest absolute Gasteiger partial charge is 0.348 e. The number of aromatic nitrogens is 3. The van der Waals surface area contributed by atoms with Crippen LogP contribution in [-0.2, 0) is 19.6 Å². The van der Waals surface area contributed by atoms with Crippen LogP contribution in [0, 0.1) is 25.2 Å². The molecule has 2 aromatic heterocycles. The number of aryl methyl sites for hydroxylation is 2. The Morgan fingerprint density at radius 1 is 1.20 bits per heavy atom. The maximum absolute atomic E-state index is 13.0. The van der Waals surface area contributed by atoms with Gasteiger partial charge in [-0.25, -0.2) is 4.79 Å². The van der Waals surface area contributed by atoms with Crippen LogP contribution in [0.15, 0.2) is 33.5 Å². The van der Waals surface area contributed by atoms with Gasteiger partial charge in [-0.15, -0.1) is 0 Å². The Hall–Kier alpha value is -3.14. The van der Waals surface area contributed by atoms with Gasteiger partial charge in [-0.05, 0) is 58.9 Å². The van der Waals surface area contributed by atoms with Gasteiger partial charge in [0.2, 0.25) is 0 Å². The van der Waals surface area contributed by atoms with Crippen LogP contribution in [0.4, 0.5) is 0 Å². The minimum atomic E-state index is -0.724. The van der Waals surface area contributed by atoms with Crippen molar-refractivity contribution in [3.63, 3.8) is 0 Å². The molecule has 0 atom stereocenters. The van der Waals surface area contributed by atoms with Crippen LogP contribution in [0.3, 0.4) is 0 Å². The fourth-order valence-corrected chi connectivity index (χ4v) is 4.14. The highest BCUT2D eigenvalue weighted by Crippen LogP contribution is 2.23. The van der Waals surface area contributed by atoms with Crippen LogP contribution in [0.5, 0.6) is 0 Å². The number of carbonyl (C=O) groups is 1. The quantitative estimate of drug-likeness (QED) is 0.520. The zero-order valence-corrected chi connectivity index (χ0v) is 17.9. The number of nitrogens with zero attached hydrogens (tertiary/aromatic N) is 4.